The summed E-state index contributed by atoms with van der Waals surface area (Å²) in [5.74, 6) is -0.426. The first-order valence-electron chi connectivity index (χ1n) is 6.78. The Kier molecular flexibility index (Phi) is 6.03. The van der Waals surface area contributed by atoms with Crippen LogP contribution in [0.15, 0.2) is 23.1 Å². The lowest BCUT2D eigenvalue weighted by atomic mass is 10.2. The second kappa shape index (κ2) is 7.33. The number of piperazine rings is 1. The molecule has 1 aliphatic rings. The number of alkyl halides is 3. The standard InChI is InChI=1S/C13H14Cl4N2O4S/c1-23-11-9(3-2-4-10(11)24(17,21)22)18-5-7-19(8-6-18)12(20)13(14,15)16/h2-4H,5-8H2,1H3. The number of ether oxygens (including phenoxy) is 1. The number of hydrogen-bond acceptors (Lipinski definition) is 5. The van der Waals surface area contributed by atoms with E-state index in [-0.39, 0.29) is 10.6 Å². The summed E-state index contributed by atoms with van der Waals surface area (Å²) in [6.45, 7) is 1.50. The predicted molar refractivity (Wildman–Crippen MR) is 95.1 cm³/mol. The van der Waals surface area contributed by atoms with Gasteiger partial charge < -0.3 is 14.5 Å². The molecule has 1 fully saturated rings. The van der Waals surface area contributed by atoms with Gasteiger partial charge in [0.25, 0.3) is 18.8 Å². The summed E-state index contributed by atoms with van der Waals surface area (Å²) >= 11 is 16.8. The maximum Gasteiger partial charge on any atom is 0.274 e. The minimum atomic E-state index is -3.95. The van der Waals surface area contributed by atoms with Gasteiger partial charge in [-0.2, -0.15) is 0 Å². The number of amides is 1. The number of rotatable bonds is 3. The van der Waals surface area contributed by atoms with E-state index in [2.05, 4.69) is 0 Å². The molecule has 0 N–H and O–H groups in total. The number of carbonyl (C=O) groups excluding carboxylic acids is 1. The molecule has 1 aromatic rings. The zero-order valence-electron chi connectivity index (χ0n) is 12.5. The zero-order valence-corrected chi connectivity index (χ0v) is 16.3. The molecule has 134 valence electrons. The van der Waals surface area contributed by atoms with Gasteiger partial charge in [0.1, 0.15) is 4.90 Å². The van der Waals surface area contributed by atoms with Gasteiger partial charge in [0.05, 0.1) is 12.8 Å². The van der Waals surface area contributed by atoms with Crippen LogP contribution < -0.4 is 9.64 Å². The summed E-state index contributed by atoms with van der Waals surface area (Å²) in [5.41, 5.74) is 0.570. The molecule has 0 spiro atoms. The van der Waals surface area contributed by atoms with Gasteiger partial charge in [-0.1, -0.05) is 40.9 Å². The van der Waals surface area contributed by atoms with E-state index in [0.717, 1.165) is 0 Å². The lowest BCUT2D eigenvalue weighted by Crippen LogP contribution is -2.51. The highest BCUT2D eigenvalue weighted by molar-refractivity contribution is 8.13. The van der Waals surface area contributed by atoms with Crippen molar-refractivity contribution in [2.24, 2.45) is 0 Å². The van der Waals surface area contributed by atoms with Crippen molar-refractivity contribution in [1.29, 1.82) is 0 Å². The number of anilines is 1. The first kappa shape index (κ1) is 19.7. The second-order valence-electron chi connectivity index (χ2n) is 5.02. The van der Waals surface area contributed by atoms with Gasteiger partial charge in [-0.25, -0.2) is 8.42 Å². The number of hydrogen-bond donors (Lipinski definition) is 0. The SMILES string of the molecule is COc1c(N2CCN(C(=O)C(Cl)(Cl)Cl)CC2)cccc1S(=O)(=O)Cl. The third-order valence-corrected chi connectivity index (χ3v) is 5.41. The molecule has 1 amide bonds. The Morgan fingerprint density at radius 3 is 2.21 bits per heavy atom. The highest BCUT2D eigenvalue weighted by Gasteiger charge is 2.37. The van der Waals surface area contributed by atoms with Crippen LogP contribution in [0.2, 0.25) is 0 Å². The molecule has 1 aromatic carbocycles. The fourth-order valence-corrected chi connectivity index (χ4v) is 3.85. The highest BCUT2D eigenvalue weighted by atomic mass is 35.7. The van der Waals surface area contributed by atoms with E-state index in [1.54, 1.807) is 12.1 Å². The maximum atomic E-state index is 12.0. The molecule has 2 rings (SSSR count). The van der Waals surface area contributed by atoms with Crippen LogP contribution >= 0.6 is 45.5 Å². The molecule has 11 heteroatoms. The number of nitrogens with zero attached hydrogens (tertiary/aromatic N) is 2. The van der Waals surface area contributed by atoms with E-state index < -0.39 is 18.8 Å². The Labute approximate surface area is 159 Å². The van der Waals surface area contributed by atoms with E-state index in [1.165, 1.54) is 18.1 Å². The molecule has 0 aromatic heterocycles. The van der Waals surface area contributed by atoms with E-state index in [0.29, 0.717) is 31.9 Å². The van der Waals surface area contributed by atoms with Crippen molar-refractivity contribution in [3.05, 3.63) is 18.2 Å². The van der Waals surface area contributed by atoms with Crippen molar-refractivity contribution in [1.82, 2.24) is 4.90 Å². The summed E-state index contributed by atoms with van der Waals surface area (Å²) < 4.78 is 26.6. The minimum Gasteiger partial charge on any atom is -0.493 e. The van der Waals surface area contributed by atoms with Gasteiger partial charge in [0.15, 0.2) is 5.75 Å². The molecule has 0 aliphatic carbocycles. The zero-order chi connectivity index (χ0) is 18.1. The van der Waals surface area contributed by atoms with Gasteiger partial charge in [-0.05, 0) is 12.1 Å². The molecule has 1 saturated heterocycles. The Bertz CT molecular complexity index is 728. The largest absolute Gasteiger partial charge is 0.493 e. The third kappa shape index (κ3) is 4.32. The summed E-state index contributed by atoms with van der Waals surface area (Å²) in [5, 5.41) is 0. The molecule has 0 radical (unpaired) electrons. The van der Waals surface area contributed by atoms with Crippen molar-refractivity contribution in [3.8, 4) is 5.75 Å². The fraction of sp³-hybridized carbons (Fsp3) is 0.462. The minimum absolute atomic E-state index is 0.107. The number of carbonyl (C=O) groups is 1. The quantitative estimate of drug-likeness (QED) is 0.539. The second-order valence-corrected chi connectivity index (χ2v) is 9.84. The lowest BCUT2D eigenvalue weighted by molar-refractivity contribution is -0.130. The molecular weight excluding hydrogens is 422 g/mol. The summed E-state index contributed by atoms with van der Waals surface area (Å²) in [6.07, 6.45) is 0. The van der Waals surface area contributed by atoms with E-state index >= 15 is 0 Å². The average Bonchev–Trinajstić information content (AvgIpc) is 2.51. The first-order valence-corrected chi connectivity index (χ1v) is 10.2. The molecule has 0 unspecified atom stereocenters. The molecule has 1 heterocycles. The Balaban J connectivity index is 2.23. The van der Waals surface area contributed by atoms with Gasteiger partial charge >= 0.3 is 0 Å². The van der Waals surface area contributed by atoms with Gasteiger partial charge in [0, 0.05) is 36.9 Å². The smallest absolute Gasteiger partial charge is 0.274 e. The van der Waals surface area contributed by atoms with Gasteiger partial charge in [0.2, 0.25) is 0 Å². The molecule has 0 saturated carbocycles. The van der Waals surface area contributed by atoms with Crippen LogP contribution in [0.3, 0.4) is 0 Å². The van der Waals surface area contributed by atoms with Crippen molar-refractivity contribution in [3.63, 3.8) is 0 Å². The van der Waals surface area contributed by atoms with Crippen LogP contribution in [0, 0.1) is 0 Å². The van der Waals surface area contributed by atoms with Gasteiger partial charge in [-0.15, -0.1) is 0 Å². The Morgan fingerprint density at radius 1 is 1.17 bits per heavy atom. The Hall–Kier alpha value is -0.600. The first-order chi connectivity index (χ1) is 11.1. The van der Waals surface area contributed by atoms with Crippen molar-refractivity contribution < 1.29 is 17.9 Å². The normalized spacial score (nSPS) is 16.2. The van der Waals surface area contributed by atoms with Crippen molar-refractivity contribution in [2.75, 3.05) is 38.2 Å². The summed E-state index contributed by atoms with van der Waals surface area (Å²) in [4.78, 5) is 15.2. The molecular formula is C13H14Cl4N2O4S. The average molecular weight is 436 g/mol. The van der Waals surface area contributed by atoms with Crippen LogP contribution in [0.4, 0.5) is 5.69 Å². The number of methoxy groups -OCH3 is 1. The molecule has 24 heavy (non-hydrogen) atoms. The van der Waals surface area contributed by atoms with Crippen molar-refractivity contribution in [2.45, 2.75) is 8.69 Å². The van der Waals surface area contributed by atoms with Crippen LogP contribution in [0.5, 0.6) is 5.75 Å². The molecule has 0 atom stereocenters. The molecule has 1 aliphatic heterocycles. The predicted octanol–water partition coefficient (Wildman–Crippen LogP) is 2.64. The maximum absolute atomic E-state index is 12.0. The number of para-hydroxylation sites is 1. The number of benzene rings is 1. The van der Waals surface area contributed by atoms with Crippen molar-refractivity contribution >= 4 is 66.1 Å². The van der Waals surface area contributed by atoms with Crippen LogP contribution in [0.25, 0.3) is 0 Å². The third-order valence-electron chi connectivity index (χ3n) is 3.57. The summed E-state index contributed by atoms with van der Waals surface area (Å²) in [7, 11) is 2.87. The summed E-state index contributed by atoms with van der Waals surface area (Å²) in [6, 6.07) is 4.66. The van der Waals surface area contributed by atoms with Crippen LogP contribution in [0.1, 0.15) is 0 Å². The highest BCUT2D eigenvalue weighted by Crippen LogP contribution is 2.37. The van der Waals surface area contributed by atoms with Gasteiger partial charge in [-0.3, -0.25) is 4.79 Å². The lowest BCUT2D eigenvalue weighted by Gasteiger charge is -2.37. The van der Waals surface area contributed by atoms with Crippen LogP contribution in [-0.2, 0) is 13.8 Å². The van der Waals surface area contributed by atoms with E-state index in [9.17, 15) is 13.2 Å². The molecule has 6 nitrogen and oxygen atoms in total. The monoisotopic (exact) mass is 434 g/mol. The number of halogens is 4. The van der Waals surface area contributed by atoms with E-state index in [1.807, 2.05) is 4.90 Å². The fourth-order valence-electron chi connectivity index (χ4n) is 2.48. The van der Waals surface area contributed by atoms with Crippen LogP contribution in [-0.4, -0.2) is 56.3 Å². The van der Waals surface area contributed by atoms with E-state index in [4.69, 9.17) is 50.2 Å². The molecule has 0 bridgehead atoms. The Morgan fingerprint density at radius 2 is 1.75 bits per heavy atom. The topological polar surface area (TPSA) is 66.9 Å².